The van der Waals surface area contributed by atoms with Crippen LogP contribution in [0.1, 0.15) is 145 Å². The van der Waals surface area contributed by atoms with Crippen LogP contribution in [0, 0.1) is 0 Å². The summed E-state index contributed by atoms with van der Waals surface area (Å²) in [4.78, 5) is 11.6. The second-order valence-electron chi connectivity index (χ2n) is 14.0. The Morgan fingerprint density at radius 1 is 0.533 bits per heavy atom. The number of benzene rings is 4. The largest absolute Gasteiger partial charge is 0.251 e. The average molecular weight is 597 g/mol. The average Bonchev–Trinajstić information content (AvgIpc) is 3.35. The lowest BCUT2D eigenvalue weighted by Gasteiger charge is -2.24. The molecule has 5 rings (SSSR count). The molecule has 0 fully saturated rings. The Labute approximate surface area is 272 Å². The molecule has 2 nitrogen and oxygen atoms in total. The van der Waals surface area contributed by atoms with Crippen molar-refractivity contribution >= 4 is 22.8 Å². The second-order valence-corrected chi connectivity index (χ2v) is 14.0. The van der Waals surface area contributed by atoms with Crippen molar-refractivity contribution in [2.24, 2.45) is 9.98 Å². The molecule has 0 spiro atoms. The molecule has 1 aliphatic carbocycles. The molecule has 4 aromatic rings. The van der Waals surface area contributed by atoms with Crippen LogP contribution >= 0.6 is 0 Å². The van der Waals surface area contributed by atoms with Crippen LogP contribution in [0.3, 0.4) is 0 Å². The van der Waals surface area contributed by atoms with Crippen molar-refractivity contribution < 1.29 is 0 Å². The van der Waals surface area contributed by atoms with Crippen LogP contribution in [0.2, 0.25) is 0 Å². The van der Waals surface area contributed by atoms with Gasteiger partial charge < -0.3 is 0 Å². The van der Waals surface area contributed by atoms with E-state index < -0.39 is 0 Å². The summed E-state index contributed by atoms with van der Waals surface area (Å²) in [6.45, 7) is 20.6. The molecule has 0 bridgehead atoms. The van der Waals surface area contributed by atoms with E-state index in [-0.39, 0.29) is 5.92 Å². The fourth-order valence-corrected chi connectivity index (χ4v) is 6.87. The first-order valence-electron chi connectivity index (χ1n) is 17.2. The van der Waals surface area contributed by atoms with Gasteiger partial charge in [0.1, 0.15) is 0 Å². The van der Waals surface area contributed by atoms with E-state index in [0.717, 1.165) is 42.1 Å². The highest BCUT2D eigenvalue weighted by atomic mass is 14.8. The predicted molar refractivity (Wildman–Crippen MR) is 197 cm³/mol. The molecule has 0 saturated heterocycles. The normalized spacial score (nSPS) is 13.8. The third kappa shape index (κ3) is 6.62. The topological polar surface area (TPSA) is 24.7 Å². The van der Waals surface area contributed by atoms with Crippen LogP contribution in [0.4, 0.5) is 11.4 Å². The van der Waals surface area contributed by atoms with Crippen molar-refractivity contribution in [3.63, 3.8) is 0 Å². The predicted octanol–water partition coefficient (Wildman–Crippen LogP) is 13.0. The monoisotopic (exact) mass is 596 g/mol. The lowest BCUT2D eigenvalue weighted by atomic mass is 9.86. The molecular formula is C43H52N2. The van der Waals surface area contributed by atoms with Gasteiger partial charge in [-0.05, 0) is 81.0 Å². The standard InChI is InChI=1S/C43H52N2/c1-10-11-26-39(44-41-31(27(2)3)22-16-23-32(41)28(4)5)43(45-42-33(29(6)7)24-17-25-34(42)30(8)9)40-37-20-14-12-18-35(37)36-19-13-15-21-38(36)40/h12-25,27-30,40H,10-11,26H2,1-9H3. The molecule has 0 amide bonds. The summed E-state index contributed by atoms with van der Waals surface area (Å²) in [5.41, 5.74) is 15.0. The number of hydrogen-bond donors (Lipinski definition) is 0. The minimum absolute atomic E-state index is 0.0157. The maximum Gasteiger partial charge on any atom is 0.0745 e. The smallest absolute Gasteiger partial charge is 0.0745 e. The fourth-order valence-electron chi connectivity index (χ4n) is 6.87. The number of fused-ring (bicyclic) bond motifs is 3. The Morgan fingerprint density at radius 2 is 0.933 bits per heavy atom. The van der Waals surface area contributed by atoms with Crippen LogP contribution in [-0.2, 0) is 0 Å². The molecule has 0 radical (unpaired) electrons. The molecule has 0 saturated carbocycles. The van der Waals surface area contributed by atoms with Gasteiger partial charge in [0, 0.05) is 0 Å². The highest BCUT2D eigenvalue weighted by Crippen LogP contribution is 2.47. The Kier molecular flexibility index (Phi) is 10.2. The molecule has 0 heterocycles. The van der Waals surface area contributed by atoms with E-state index in [1.807, 2.05) is 0 Å². The molecule has 0 unspecified atom stereocenters. The summed E-state index contributed by atoms with van der Waals surface area (Å²) < 4.78 is 0. The van der Waals surface area contributed by atoms with Gasteiger partial charge in [0.25, 0.3) is 0 Å². The lowest BCUT2D eigenvalue weighted by Crippen LogP contribution is -2.23. The van der Waals surface area contributed by atoms with E-state index in [2.05, 4.69) is 147 Å². The number of nitrogens with zero attached hydrogens (tertiary/aromatic N) is 2. The number of aliphatic imine (C=N–C) groups is 2. The van der Waals surface area contributed by atoms with E-state index in [9.17, 15) is 0 Å². The molecule has 2 heteroatoms. The zero-order valence-corrected chi connectivity index (χ0v) is 29.0. The summed E-state index contributed by atoms with van der Waals surface area (Å²) in [6, 6.07) is 31.4. The van der Waals surface area contributed by atoms with Crippen LogP contribution in [0.15, 0.2) is 94.9 Å². The minimum Gasteiger partial charge on any atom is -0.251 e. The molecule has 234 valence electrons. The summed E-state index contributed by atoms with van der Waals surface area (Å²) in [7, 11) is 0. The summed E-state index contributed by atoms with van der Waals surface area (Å²) in [6.07, 6.45) is 3.06. The van der Waals surface area contributed by atoms with Crippen molar-refractivity contribution in [3.05, 3.63) is 118 Å². The van der Waals surface area contributed by atoms with Crippen LogP contribution in [0.5, 0.6) is 0 Å². The van der Waals surface area contributed by atoms with E-state index in [0.29, 0.717) is 23.7 Å². The first-order chi connectivity index (χ1) is 21.6. The SMILES string of the molecule is CCCCC(=Nc1c(C(C)C)cccc1C(C)C)C(=Nc1c(C(C)C)cccc1C(C)C)C1c2ccccc2-c2ccccc21. The second kappa shape index (κ2) is 14.1. The van der Waals surface area contributed by atoms with E-state index in [1.165, 1.54) is 44.5 Å². The van der Waals surface area contributed by atoms with Gasteiger partial charge in [-0.2, -0.15) is 0 Å². The number of hydrogen-bond acceptors (Lipinski definition) is 2. The van der Waals surface area contributed by atoms with E-state index in [1.54, 1.807) is 0 Å². The van der Waals surface area contributed by atoms with Crippen LogP contribution < -0.4 is 0 Å². The highest BCUT2D eigenvalue weighted by molar-refractivity contribution is 6.46. The van der Waals surface area contributed by atoms with Gasteiger partial charge in [-0.3, -0.25) is 4.99 Å². The Hall–Kier alpha value is -3.78. The molecule has 45 heavy (non-hydrogen) atoms. The minimum atomic E-state index is 0.0157. The summed E-state index contributed by atoms with van der Waals surface area (Å²) in [5, 5.41) is 0. The molecule has 1 aliphatic rings. The third-order valence-electron chi connectivity index (χ3n) is 9.33. The van der Waals surface area contributed by atoms with E-state index in [4.69, 9.17) is 9.98 Å². The van der Waals surface area contributed by atoms with Crippen molar-refractivity contribution in [3.8, 4) is 11.1 Å². The quantitative estimate of drug-likeness (QED) is 0.154. The van der Waals surface area contributed by atoms with Crippen molar-refractivity contribution in [2.75, 3.05) is 0 Å². The summed E-state index contributed by atoms with van der Waals surface area (Å²) in [5.74, 6) is 1.48. The zero-order chi connectivity index (χ0) is 32.2. The van der Waals surface area contributed by atoms with Gasteiger partial charge in [0.15, 0.2) is 0 Å². The molecule has 0 aliphatic heterocycles. The first kappa shape index (κ1) is 32.6. The van der Waals surface area contributed by atoms with Gasteiger partial charge in [-0.25, -0.2) is 4.99 Å². The number of unbranched alkanes of at least 4 members (excludes halogenated alkanes) is 1. The lowest BCUT2D eigenvalue weighted by molar-refractivity contribution is 0.825. The van der Waals surface area contributed by atoms with Gasteiger partial charge in [0.05, 0.1) is 28.7 Å². The molecule has 0 N–H and O–H groups in total. The fraction of sp³-hybridized carbons (Fsp3) is 0.395. The van der Waals surface area contributed by atoms with Gasteiger partial charge in [-0.1, -0.05) is 154 Å². The Morgan fingerprint density at radius 3 is 1.33 bits per heavy atom. The van der Waals surface area contributed by atoms with Crippen molar-refractivity contribution in [2.45, 2.75) is 111 Å². The highest BCUT2D eigenvalue weighted by Gasteiger charge is 2.35. The maximum absolute atomic E-state index is 5.87. The number of para-hydroxylation sites is 2. The maximum atomic E-state index is 5.87. The first-order valence-corrected chi connectivity index (χ1v) is 17.2. The Balaban J connectivity index is 1.90. The van der Waals surface area contributed by atoms with E-state index >= 15 is 0 Å². The summed E-state index contributed by atoms with van der Waals surface area (Å²) >= 11 is 0. The van der Waals surface area contributed by atoms with Gasteiger partial charge in [0.2, 0.25) is 0 Å². The Bertz CT molecular complexity index is 1600. The van der Waals surface area contributed by atoms with Crippen molar-refractivity contribution in [1.82, 2.24) is 0 Å². The van der Waals surface area contributed by atoms with Crippen LogP contribution in [-0.4, -0.2) is 11.4 Å². The third-order valence-corrected chi connectivity index (χ3v) is 9.33. The van der Waals surface area contributed by atoms with Crippen molar-refractivity contribution in [1.29, 1.82) is 0 Å². The molecule has 4 aromatic carbocycles. The molecule has 0 aromatic heterocycles. The molecule has 0 atom stereocenters. The zero-order valence-electron chi connectivity index (χ0n) is 29.0. The number of rotatable bonds is 11. The van der Waals surface area contributed by atoms with Gasteiger partial charge >= 0.3 is 0 Å². The molecular weight excluding hydrogens is 544 g/mol. The van der Waals surface area contributed by atoms with Crippen LogP contribution in [0.25, 0.3) is 11.1 Å². The van der Waals surface area contributed by atoms with Gasteiger partial charge in [-0.15, -0.1) is 0 Å².